The first-order valence-electron chi connectivity index (χ1n) is 5.32. The van der Waals surface area contributed by atoms with Crippen LogP contribution in [-0.4, -0.2) is 22.1 Å². The second-order valence-corrected chi connectivity index (χ2v) is 3.83. The number of nitrogens with one attached hydrogen (secondary N) is 1. The van der Waals surface area contributed by atoms with Crippen LogP contribution < -0.4 is 5.32 Å². The van der Waals surface area contributed by atoms with E-state index in [1.807, 2.05) is 6.92 Å². The second-order valence-electron chi connectivity index (χ2n) is 3.83. The minimum Gasteiger partial charge on any atom is -0.508 e. The zero-order valence-electron chi connectivity index (χ0n) is 9.73. The van der Waals surface area contributed by atoms with Gasteiger partial charge in [-0.05, 0) is 24.6 Å². The third-order valence-corrected chi connectivity index (χ3v) is 2.55. The summed E-state index contributed by atoms with van der Waals surface area (Å²) in [6.45, 7) is 3.63. The van der Waals surface area contributed by atoms with Crippen LogP contribution in [0.3, 0.4) is 0 Å². The second kappa shape index (κ2) is 5.34. The Kier molecular flexibility index (Phi) is 4.09. The van der Waals surface area contributed by atoms with E-state index in [0.29, 0.717) is 6.42 Å². The van der Waals surface area contributed by atoms with E-state index in [1.165, 1.54) is 12.1 Å². The van der Waals surface area contributed by atoms with E-state index in [0.717, 1.165) is 6.07 Å². The Hall–Kier alpha value is -2.04. The highest BCUT2D eigenvalue weighted by Crippen LogP contribution is 2.22. The fraction of sp³-hybridized carbons (Fsp3) is 0.333. The molecule has 0 bridgehead atoms. The first kappa shape index (κ1) is 13.0. The molecule has 3 N–H and O–H groups in total. The Bertz CT molecular complexity index is 442. The number of benzene rings is 1. The van der Waals surface area contributed by atoms with Gasteiger partial charge in [0, 0.05) is 5.92 Å². The molecule has 0 saturated heterocycles. The highest BCUT2D eigenvalue weighted by Gasteiger charge is 2.16. The van der Waals surface area contributed by atoms with Crippen molar-refractivity contribution >= 4 is 17.6 Å². The Morgan fingerprint density at radius 3 is 2.59 bits per heavy atom. The summed E-state index contributed by atoms with van der Waals surface area (Å²) in [5.74, 6) is -1.77. The Balaban J connectivity index is 2.98. The van der Waals surface area contributed by atoms with Crippen LogP contribution in [0.1, 0.15) is 30.6 Å². The fourth-order valence-electron chi connectivity index (χ4n) is 1.26. The molecule has 0 aliphatic carbocycles. The predicted octanol–water partition coefficient (Wildman–Crippen LogP) is 2.07. The van der Waals surface area contributed by atoms with E-state index in [-0.39, 0.29) is 28.8 Å². The molecule has 0 spiro atoms. The zero-order chi connectivity index (χ0) is 13.0. The fourth-order valence-corrected chi connectivity index (χ4v) is 1.26. The molecule has 0 unspecified atom stereocenters. The Labute approximate surface area is 99.1 Å². The van der Waals surface area contributed by atoms with Crippen molar-refractivity contribution in [2.75, 3.05) is 5.32 Å². The number of hydrogen-bond donors (Lipinski definition) is 3. The van der Waals surface area contributed by atoms with Gasteiger partial charge in [-0.15, -0.1) is 0 Å². The number of phenolic OH excluding ortho intramolecular Hbond substituents is 1. The molecule has 0 aliphatic heterocycles. The predicted molar refractivity (Wildman–Crippen MR) is 63.2 cm³/mol. The molecular formula is C12H15NO4. The van der Waals surface area contributed by atoms with Crippen LogP contribution in [-0.2, 0) is 4.79 Å². The summed E-state index contributed by atoms with van der Waals surface area (Å²) in [4.78, 5) is 22.6. The van der Waals surface area contributed by atoms with Gasteiger partial charge in [0.05, 0.1) is 11.3 Å². The SMILES string of the molecule is CC[C@H](C)C(=O)Nc1ccc(O)cc1C(=O)O. The summed E-state index contributed by atoms with van der Waals surface area (Å²) >= 11 is 0. The normalized spacial score (nSPS) is 11.9. The van der Waals surface area contributed by atoms with Gasteiger partial charge < -0.3 is 15.5 Å². The summed E-state index contributed by atoms with van der Waals surface area (Å²) in [5, 5.41) is 20.7. The quantitative estimate of drug-likeness (QED) is 0.700. The van der Waals surface area contributed by atoms with Crippen molar-refractivity contribution in [1.82, 2.24) is 0 Å². The molecule has 5 nitrogen and oxygen atoms in total. The van der Waals surface area contributed by atoms with E-state index < -0.39 is 5.97 Å². The van der Waals surface area contributed by atoms with Crippen molar-refractivity contribution < 1.29 is 19.8 Å². The molecule has 17 heavy (non-hydrogen) atoms. The van der Waals surface area contributed by atoms with Gasteiger partial charge in [0.2, 0.25) is 5.91 Å². The lowest BCUT2D eigenvalue weighted by Crippen LogP contribution is -2.21. The minimum atomic E-state index is -1.19. The van der Waals surface area contributed by atoms with E-state index in [1.54, 1.807) is 6.92 Å². The monoisotopic (exact) mass is 237 g/mol. The molecule has 0 aromatic heterocycles. The highest BCUT2D eigenvalue weighted by molar-refractivity contribution is 6.01. The average molecular weight is 237 g/mol. The van der Waals surface area contributed by atoms with Crippen LogP contribution in [0.5, 0.6) is 5.75 Å². The number of carboxylic acid groups (broad SMARTS) is 1. The summed E-state index contributed by atoms with van der Waals surface area (Å²) in [6, 6.07) is 3.81. The number of carbonyl (C=O) groups excluding carboxylic acids is 1. The minimum absolute atomic E-state index is 0.123. The van der Waals surface area contributed by atoms with Crippen LogP contribution >= 0.6 is 0 Å². The molecule has 0 radical (unpaired) electrons. The number of hydrogen-bond acceptors (Lipinski definition) is 3. The molecule has 0 fully saturated rings. The van der Waals surface area contributed by atoms with Crippen LogP contribution in [0.15, 0.2) is 18.2 Å². The van der Waals surface area contributed by atoms with Crippen LogP contribution in [0.2, 0.25) is 0 Å². The number of carbonyl (C=O) groups is 2. The van der Waals surface area contributed by atoms with E-state index >= 15 is 0 Å². The molecule has 1 aromatic rings. The number of phenols is 1. The summed E-state index contributed by atoms with van der Waals surface area (Å²) in [6.07, 6.45) is 0.673. The largest absolute Gasteiger partial charge is 0.508 e. The van der Waals surface area contributed by atoms with Gasteiger partial charge in [-0.2, -0.15) is 0 Å². The molecule has 0 saturated carbocycles. The number of aromatic carboxylic acids is 1. The summed E-state index contributed by atoms with van der Waals surface area (Å²) in [7, 11) is 0. The topological polar surface area (TPSA) is 86.6 Å². The summed E-state index contributed by atoms with van der Waals surface area (Å²) < 4.78 is 0. The average Bonchev–Trinajstić information content (AvgIpc) is 2.29. The standard InChI is InChI=1S/C12H15NO4/c1-3-7(2)11(15)13-10-5-4-8(14)6-9(10)12(16)17/h4-7,14H,3H2,1-2H3,(H,13,15)(H,16,17)/t7-/m0/s1. The number of amides is 1. The van der Waals surface area contributed by atoms with Gasteiger partial charge in [0.15, 0.2) is 0 Å². The lowest BCUT2D eigenvalue weighted by molar-refractivity contribution is -0.119. The van der Waals surface area contributed by atoms with Gasteiger partial charge in [-0.3, -0.25) is 4.79 Å². The van der Waals surface area contributed by atoms with Gasteiger partial charge in [0.1, 0.15) is 5.75 Å². The van der Waals surface area contributed by atoms with Gasteiger partial charge in [-0.25, -0.2) is 4.79 Å². The Morgan fingerprint density at radius 1 is 1.41 bits per heavy atom. The first-order valence-corrected chi connectivity index (χ1v) is 5.32. The van der Waals surface area contributed by atoms with E-state index in [4.69, 9.17) is 5.11 Å². The van der Waals surface area contributed by atoms with Crippen LogP contribution in [0.25, 0.3) is 0 Å². The molecule has 1 atom stereocenters. The zero-order valence-corrected chi connectivity index (χ0v) is 9.73. The highest BCUT2D eigenvalue weighted by atomic mass is 16.4. The van der Waals surface area contributed by atoms with E-state index in [2.05, 4.69) is 5.32 Å². The van der Waals surface area contributed by atoms with Crippen molar-refractivity contribution in [3.63, 3.8) is 0 Å². The van der Waals surface area contributed by atoms with Gasteiger partial charge in [-0.1, -0.05) is 13.8 Å². The van der Waals surface area contributed by atoms with Crippen molar-refractivity contribution in [1.29, 1.82) is 0 Å². The number of rotatable bonds is 4. The smallest absolute Gasteiger partial charge is 0.337 e. The Morgan fingerprint density at radius 2 is 2.06 bits per heavy atom. The maximum Gasteiger partial charge on any atom is 0.337 e. The number of anilines is 1. The maximum absolute atomic E-state index is 11.6. The number of aromatic hydroxyl groups is 1. The molecule has 5 heteroatoms. The summed E-state index contributed by atoms with van der Waals surface area (Å²) in [5.41, 5.74) is 0.0715. The molecule has 1 rings (SSSR count). The third kappa shape index (κ3) is 3.21. The van der Waals surface area contributed by atoms with Crippen molar-refractivity contribution in [3.8, 4) is 5.75 Å². The van der Waals surface area contributed by atoms with Crippen molar-refractivity contribution in [2.24, 2.45) is 5.92 Å². The molecular weight excluding hydrogens is 222 g/mol. The van der Waals surface area contributed by atoms with Gasteiger partial charge >= 0.3 is 5.97 Å². The maximum atomic E-state index is 11.6. The van der Waals surface area contributed by atoms with Crippen molar-refractivity contribution in [3.05, 3.63) is 23.8 Å². The van der Waals surface area contributed by atoms with Crippen molar-refractivity contribution in [2.45, 2.75) is 20.3 Å². The lowest BCUT2D eigenvalue weighted by atomic mass is 10.1. The molecule has 1 amide bonds. The molecule has 1 aromatic carbocycles. The number of carboxylic acids is 1. The third-order valence-electron chi connectivity index (χ3n) is 2.55. The molecule has 92 valence electrons. The van der Waals surface area contributed by atoms with Crippen LogP contribution in [0.4, 0.5) is 5.69 Å². The van der Waals surface area contributed by atoms with E-state index in [9.17, 15) is 14.7 Å². The lowest BCUT2D eigenvalue weighted by Gasteiger charge is -2.12. The van der Waals surface area contributed by atoms with Gasteiger partial charge in [0.25, 0.3) is 0 Å². The first-order chi connectivity index (χ1) is 7.95. The van der Waals surface area contributed by atoms with Crippen LogP contribution in [0, 0.1) is 5.92 Å². The molecule has 0 heterocycles. The molecule has 0 aliphatic rings.